The number of ether oxygens (including phenoxy) is 2. The summed E-state index contributed by atoms with van der Waals surface area (Å²) in [6.45, 7) is 7.58. The summed E-state index contributed by atoms with van der Waals surface area (Å²) in [5, 5.41) is 6.62. The highest BCUT2D eigenvalue weighted by atomic mass is 16.5. The third kappa shape index (κ3) is 6.16. The van der Waals surface area contributed by atoms with E-state index in [0.717, 1.165) is 44.6 Å². The van der Waals surface area contributed by atoms with Crippen LogP contribution < -0.4 is 20.3 Å². The van der Waals surface area contributed by atoms with Crippen molar-refractivity contribution in [1.82, 2.24) is 10.6 Å². The third-order valence-corrected chi connectivity index (χ3v) is 4.68. The molecule has 1 aliphatic heterocycles. The van der Waals surface area contributed by atoms with Crippen LogP contribution in [-0.4, -0.2) is 52.5 Å². The number of hydrogen-bond donors (Lipinski definition) is 2. The number of nitrogens with zero attached hydrogens (tertiary/aromatic N) is 2. The van der Waals surface area contributed by atoms with Crippen molar-refractivity contribution in [3.63, 3.8) is 0 Å². The van der Waals surface area contributed by atoms with Gasteiger partial charge in [-0.2, -0.15) is 0 Å². The van der Waals surface area contributed by atoms with E-state index >= 15 is 0 Å². The fraction of sp³-hybridized carbons (Fsp3) is 0.409. The maximum atomic E-state index is 5.73. The van der Waals surface area contributed by atoms with Gasteiger partial charge in [0.05, 0.1) is 19.8 Å². The maximum absolute atomic E-state index is 5.73. The van der Waals surface area contributed by atoms with Crippen molar-refractivity contribution in [3.8, 4) is 5.75 Å². The summed E-state index contributed by atoms with van der Waals surface area (Å²) < 4.78 is 11.1. The lowest BCUT2D eigenvalue weighted by Crippen LogP contribution is -2.39. The van der Waals surface area contributed by atoms with Gasteiger partial charge < -0.3 is 25.0 Å². The first-order valence-corrected chi connectivity index (χ1v) is 9.80. The van der Waals surface area contributed by atoms with E-state index in [9.17, 15) is 0 Å². The monoisotopic (exact) mass is 382 g/mol. The van der Waals surface area contributed by atoms with Gasteiger partial charge in [-0.15, -0.1) is 0 Å². The molecule has 28 heavy (non-hydrogen) atoms. The number of aliphatic imine (C=N–C) groups is 1. The second-order valence-corrected chi connectivity index (χ2v) is 6.78. The molecule has 1 saturated heterocycles. The number of aryl methyl sites for hydroxylation is 1. The number of anilines is 1. The largest absolute Gasteiger partial charge is 0.492 e. The summed E-state index contributed by atoms with van der Waals surface area (Å²) >= 11 is 0. The summed E-state index contributed by atoms with van der Waals surface area (Å²) in [5.41, 5.74) is 3.70. The number of guanidine groups is 1. The molecule has 0 aromatic heterocycles. The lowest BCUT2D eigenvalue weighted by Gasteiger charge is -2.28. The Kier molecular flexibility index (Phi) is 7.55. The minimum atomic E-state index is 0.581. The fourth-order valence-electron chi connectivity index (χ4n) is 3.03. The van der Waals surface area contributed by atoms with Gasteiger partial charge in [0.2, 0.25) is 0 Å². The van der Waals surface area contributed by atoms with E-state index in [2.05, 4.69) is 51.7 Å². The van der Waals surface area contributed by atoms with Crippen LogP contribution in [0.4, 0.5) is 5.69 Å². The zero-order valence-corrected chi connectivity index (χ0v) is 16.8. The Hall–Kier alpha value is -2.73. The second-order valence-electron chi connectivity index (χ2n) is 6.78. The van der Waals surface area contributed by atoms with Crippen molar-refractivity contribution < 1.29 is 9.47 Å². The van der Waals surface area contributed by atoms with Crippen LogP contribution in [0.2, 0.25) is 0 Å². The molecule has 2 aromatic carbocycles. The van der Waals surface area contributed by atoms with Gasteiger partial charge in [0.15, 0.2) is 5.96 Å². The molecule has 0 radical (unpaired) electrons. The molecule has 150 valence electrons. The molecule has 0 unspecified atom stereocenters. The second kappa shape index (κ2) is 10.6. The highest BCUT2D eigenvalue weighted by Gasteiger charge is 2.10. The standard InChI is InChI=1S/C22H30N4O2/c1-18-3-9-21(10-4-18)28-14-11-24-22(23-2)25-17-19-5-7-20(8-6-19)26-12-15-27-16-13-26/h3-10H,11-17H2,1-2H3,(H2,23,24,25). The summed E-state index contributed by atoms with van der Waals surface area (Å²) in [6.07, 6.45) is 0. The summed E-state index contributed by atoms with van der Waals surface area (Å²) in [5.74, 6) is 1.65. The molecule has 6 heteroatoms. The summed E-state index contributed by atoms with van der Waals surface area (Å²) in [7, 11) is 1.78. The van der Waals surface area contributed by atoms with Crippen LogP contribution in [0.3, 0.4) is 0 Å². The SMILES string of the molecule is CN=C(NCCOc1ccc(C)cc1)NCc1ccc(N2CCOCC2)cc1. The smallest absolute Gasteiger partial charge is 0.191 e. The topological polar surface area (TPSA) is 58.1 Å². The predicted molar refractivity (Wildman–Crippen MR) is 114 cm³/mol. The number of morpholine rings is 1. The van der Waals surface area contributed by atoms with Crippen LogP contribution >= 0.6 is 0 Å². The quantitative estimate of drug-likeness (QED) is 0.438. The molecule has 2 N–H and O–H groups in total. The molecule has 2 aromatic rings. The van der Waals surface area contributed by atoms with Crippen LogP contribution in [0.5, 0.6) is 5.75 Å². The molecule has 1 aliphatic rings. The molecule has 1 fully saturated rings. The fourth-order valence-corrected chi connectivity index (χ4v) is 3.03. The molecule has 6 nitrogen and oxygen atoms in total. The highest BCUT2D eigenvalue weighted by Crippen LogP contribution is 2.16. The predicted octanol–water partition coefficient (Wildman–Crippen LogP) is 2.58. The molecule has 0 spiro atoms. The molecule has 1 heterocycles. The molecule has 0 aliphatic carbocycles. The zero-order valence-electron chi connectivity index (χ0n) is 16.8. The van der Waals surface area contributed by atoms with Crippen molar-refractivity contribution in [3.05, 3.63) is 59.7 Å². The number of rotatable bonds is 7. The summed E-state index contributed by atoms with van der Waals surface area (Å²) in [4.78, 5) is 6.62. The zero-order chi connectivity index (χ0) is 19.6. The molecular formula is C22H30N4O2. The Morgan fingerprint density at radius 2 is 1.75 bits per heavy atom. The van der Waals surface area contributed by atoms with E-state index in [-0.39, 0.29) is 0 Å². The van der Waals surface area contributed by atoms with Gasteiger partial charge >= 0.3 is 0 Å². The maximum Gasteiger partial charge on any atom is 0.191 e. The van der Waals surface area contributed by atoms with E-state index in [1.165, 1.54) is 16.8 Å². The van der Waals surface area contributed by atoms with Gasteiger partial charge in [-0.25, -0.2) is 0 Å². The van der Waals surface area contributed by atoms with Crippen molar-refractivity contribution >= 4 is 11.6 Å². The Balaban J connectivity index is 1.38. The molecule has 0 saturated carbocycles. The van der Waals surface area contributed by atoms with E-state index < -0.39 is 0 Å². The van der Waals surface area contributed by atoms with E-state index in [1.807, 2.05) is 24.3 Å². The van der Waals surface area contributed by atoms with E-state index in [4.69, 9.17) is 9.47 Å². The van der Waals surface area contributed by atoms with Crippen LogP contribution in [0, 0.1) is 6.92 Å². The Morgan fingerprint density at radius 1 is 1.04 bits per heavy atom. The first-order chi connectivity index (χ1) is 13.7. The number of benzene rings is 2. The van der Waals surface area contributed by atoms with Gasteiger partial charge in [0, 0.05) is 32.4 Å². The lowest BCUT2D eigenvalue weighted by atomic mass is 10.2. The summed E-state index contributed by atoms with van der Waals surface area (Å²) in [6, 6.07) is 16.7. The first-order valence-electron chi connectivity index (χ1n) is 9.80. The van der Waals surface area contributed by atoms with Crippen molar-refractivity contribution in [2.24, 2.45) is 4.99 Å². The van der Waals surface area contributed by atoms with Crippen LogP contribution in [0.15, 0.2) is 53.5 Å². The molecular weight excluding hydrogens is 352 g/mol. The first kappa shape index (κ1) is 20.0. The molecule has 0 bridgehead atoms. The Bertz CT molecular complexity index is 738. The minimum absolute atomic E-state index is 0.581. The lowest BCUT2D eigenvalue weighted by molar-refractivity contribution is 0.122. The molecule has 0 amide bonds. The van der Waals surface area contributed by atoms with Crippen molar-refractivity contribution in [1.29, 1.82) is 0 Å². The Morgan fingerprint density at radius 3 is 2.43 bits per heavy atom. The normalized spacial score (nSPS) is 14.6. The number of nitrogens with one attached hydrogen (secondary N) is 2. The van der Waals surface area contributed by atoms with Crippen molar-refractivity contribution in [2.75, 3.05) is 51.4 Å². The van der Waals surface area contributed by atoms with Crippen LogP contribution in [0.25, 0.3) is 0 Å². The van der Waals surface area contributed by atoms with Gasteiger partial charge in [-0.3, -0.25) is 4.99 Å². The van der Waals surface area contributed by atoms with E-state index in [0.29, 0.717) is 13.2 Å². The Labute approximate surface area is 167 Å². The average molecular weight is 383 g/mol. The third-order valence-electron chi connectivity index (χ3n) is 4.68. The van der Waals surface area contributed by atoms with Gasteiger partial charge in [0.25, 0.3) is 0 Å². The van der Waals surface area contributed by atoms with Crippen LogP contribution in [0.1, 0.15) is 11.1 Å². The van der Waals surface area contributed by atoms with Crippen LogP contribution in [-0.2, 0) is 11.3 Å². The van der Waals surface area contributed by atoms with Crippen molar-refractivity contribution in [2.45, 2.75) is 13.5 Å². The van der Waals surface area contributed by atoms with E-state index in [1.54, 1.807) is 7.05 Å². The van der Waals surface area contributed by atoms with Gasteiger partial charge in [0.1, 0.15) is 12.4 Å². The molecule has 0 atom stereocenters. The molecule has 3 rings (SSSR count). The number of hydrogen-bond acceptors (Lipinski definition) is 4. The van der Waals surface area contributed by atoms with Gasteiger partial charge in [-0.05, 0) is 36.8 Å². The minimum Gasteiger partial charge on any atom is -0.492 e. The highest BCUT2D eigenvalue weighted by molar-refractivity contribution is 5.79. The average Bonchev–Trinajstić information content (AvgIpc) is 2.75. The van der Waals surface area contributed by atoms with Gasteiger partial charge in [-0.1, -0.05) is 29.8 Å².